The largest absolute Gasteiger partial charge is 0.496 e. The second-order valence-electron chi connectivity index (χ2n) is 8.63. The van der Waals surface area contributed by atoms with E-state index >= 15 is 0 Å². The van der Waals surface area contributed by atoms with Gasteiger partial charge in [-0.2, -0.15) is 0 Å². The number of likely N-dealkylation sites (tertiary alicyclic amines) is 1. The molecule has 0 radical (unpaired) electrons. The van der Waals surface area contributed by atoms with Gasteiger partial charge in [-0.1, -0.05) is 12.1 Å². The second kappa shape index (κ2) is 10.4. The minimum atomic E-state index is -0.848. The Balaban J connectivity index is 1.53. The van der Waals surface area contributed by atoms with E-state index in [0.717, 1.165) is 22.6 Å². The van der Waals surface area contributed by atoms with Gasteiger partial charge in [0.1, 0.15) is 17.0 Å². The van der Waals surface area contributed by atoms with Gasteiger partial charge in [0.15, 0.2) is 0 Å². The number of imide groups is 1. The molecule has 2 fully saturated rings. The van der Waals surface area contributed by atoms with Gasteiger partial charge >= 0.3 is 6.03 Å². The van der Waals surface area contributed by atoms with E-state index in [4.69, 9.17) is 14.2 Å². The number of hydrogen-bond donors (Lipinski definition) is 0. The Morgan fingerprint density at radius 1 is 0.971 bits per heavy atom. The maximum absolute atomic E-state index is 13.7. The highest BCUT2D eigenvalue weighted by Gasteiger charge is 2.57. The van der Waals surface area contributed by atoms with Gasteiger partial charge in [-0.25, -0.2) is 4.79 Å². The quantitative estimate of drug-likeness (QED) is 0.523. The number of pyridine rings is 1. The lowest BCUT2D eigenvalue weighted by Crippen LogP contribution is -2.57. The van der Waals surface area contributed by atoms with Gasteiger partial charge in [0.05, 0.1) is 32.9 Å². The van der Waals surface area contributed by atoms with E-state index in [2.05, 4.69) is 9.88 Å². The Bertz CT molecular complexity index is 985. The smallest absolute Gasteiger partial charge is 0.328 e. The van der Waals surface area contributed by atoms with Gasteiger partial charge < -0.3 is 19.1 Å². The van der Waals surface area contributed by atoms with E-state index < -0.39 is 5.54 Å². The Hall–Kier alpha value is -3.17. The van der Waals surface area contributed by atoms with Crippen molar-refractivity contribution in [3.8, 4) is 11.5 Å². The van der Waals surface area contributed by atoms with Crippen LogP contribution >= 0.6 is 0 Å². The van der Waals surface area contributed by atoms with Crippen LogP contribution in [0.3, 0.4) is 0 Å². The number of ether oxygens (including phenoxy) is 3. The molecule has 1 aromatic carbocycles. The molecule has 182 valence electrons. The number of piperidine rings is 1. The monoisotopic (exact) mass is 468 g/mol. The van der Waals surface area contributed by atoms with E-state index in [1.807, 2.05) is 30.3 Å². The van der Waals surface area contributed by atoms with Crippen LogP contribution in [0.25, 0.3) is 0 Å². The highest BCUT2D eigenvalue weighted by atomic mass is 16.5. The van der Waals surface area contributed by atoms with Crippen LogP contribution in [-0.2, 0) is 22.6 Å². The fourth-order valence-electron chi connectivity index (χ4n) is 4.96. The van der Waals surface area contributed by atoms with E-state index in [-0.39, 0.29) is 18.5 Å². The summed E-state index contributed by atoms with van der Waals surface area (Å²) in [7, 11) is 4.90. The van der Waals surface area contributed by atoms with Crippen LogP contribution in [0.2, 0.25) is 0 Å². The van der Waals surface area contributed by atoms with Crippen molar-refractivity contribution in [1.82, 2.24) is 19.7 Å². The summed E-state index contributed by atoms with van der Waals surface area (Å²) in [6, 6.07) is 9.17. The molecule has 3 heterocycles. The minimum Gasteiger partial charge on any atom is -0.496 e. The van der Waals surface area contributed by atoms with Crippen LogP contribution in [-0.4, -0.2) is 84.7 Å². The lowest BCUT2D eigenvalue weighted by molar-refractivity contribution is -0.136. The molecular formula is C25H32N4O5. The first-order valence-electron chi connectivity index (χ1n) is 11.5. The molecule has 34 heavy (non-hydrogen) atoms. The predicted octanol–water partition coefficient (Wildman–Crippen LogP) is 2.54. The van der Waals surface area contributed by atoms with Crippen molar-refractivity contribution in [3.05, 3.63) is 53.9 Å². The maximum Gasteiger partial charge on any atom is 0.328 e. The third-order valence-corrected chi connectivity index (χ3v) is 6.80. The molecule has 0 N–H and O–H groups in total. The van der Waals surface area contributed by atoms with Crippen LogP contribution in [0.5, 0.6) is 11.5 Å². The lowest BCUT2D eigenvalue weighted by Gasteiger charge is -2.42. The topological polar surface area (TPSA) is 84.4 Å². The molecule has 0 bridgehead atoms. The molecule has 0 saturated carbocycles. The van der Waals surface area contributed by atoms with E-state index in [1.165, 1.54) is 4.90 Å². The number of amides is 3. The van der Waals surface area contributed by atoms with Gasteiger partial charge in [-0.3, -0.25) is 19.6 Å². The lowest BCUT2D eigenvalue weighted by atomic mass is 9.85. The highest BCUT2D eigenvalue weighted by Crippen LogP contribution is 2.39. The minimum absolute atomic E-state index is 0.132. The number of aromatic nitrogens is 1. The zero-order valence-electron chi connectivity index (χ0n) is 20.0. The molecule has 0 atom stereocenters. The van der Waals surface area contributed by atoms with Crippen molar-refractivity contribution >= 4 is 11.9 Å². The van der Waals surface area contributed by atoms with Gasteiger partial charge in [0.2, 0.25) is 0 Å². The number of methoxy groups -OCH3 is 3. The molecule has 2 aliphatic rings. The first-order valence-corrected chi connectivity index (χ1v) is 11.5. The average molecular weight is 469 g/mol. The van der Waals surface area contributed by atoms with Gasteiger partial charge in [0, 0.05) is 45.7 Å². The SMILES string of the molecule is COCCN1C(=O)N(Cc2cccnc2)C(=O)C12CCN(Cc1c(OC)cccc1OC)CC2. The molecule has 3 amide bonds. The van der Waals surface area contributed by atoms with Crippen molar-refractivity contribution in [2.45, 2.75) is 31.5 Å². The van der Waals surface area contributed by atoms with Crippen molar-refractivity contribution < 1.29 is 23.8 Å². The van der Waals surface area contributed by atoms with Crippen LogP contribution in [0, 0.1) is 0 Å². The number of carbonyl (C=O) groups excluding carboxylic acids is 2. The van der Waals surface area contributed by atoms with E-state index in [1.54, 1.807) is 38.6 Å². The molecule has 9 nitrogen and oxygen atoms in total. The molecule has 9 heteroatoms. The Morgan fingerprint density at radius 2 is 1.68 bits per heavy atom. The molecule has 1 spiro atoms. The molecular weight excluding hydrogens is 436 g/mol. The van der Waals surface area contributed by atoms with Gasteiger partial charge in [-0.15, -0.1) is 0 Å². The Labute approximate surface area is 200 Å². The predicted molar refractivity (Wildman–Crippen MR) is 126 cm³/mol. The highest BCUT2D eigenvalue weighted by molar-refractivity contribution is 6.07. The van der Waals surface area contributed by atoms with Crippen LogP contribution in [0.15, 0.2) is 42.7 Å². The zero-order chi connectivity index (χ0) is 24.1. The third-order valence-electron chi connectivity index (χ3n) is 6.80. The first-order chi connectivity index (χ1) is 16.5. The summed E-state index contributed by atoms with van der Waals surface area (Å²) in [5.74, 6) is 1.42. The zero-order valence-corrected chi connectivity index (χ0v) is 20.0. The third kappa shape index (κ3) is 4.45. The van der Waals surface area contributed by atoms with Crippen LogP contribution < -0.4 is 9.47 Å². The summed E-state index contributed by atoms with van der Waals surface area (Å²) < 4.78 is 16.3. The summed E-state index contributed by atoms with van der Waals surface area (Å²) in [5.41, 5.74) is 0.958. The van der Waals surface area contributed by atoms with Crippen molar-refractivity contribution in [1.29, 1.82) is 0 Å². The normalized spacial score (nSPS) is 18.1. The van der Waals surface area contributed by atoms with Crippen LogP contribution in [0.4, 0.5) is 4.79 Å². The van der Waals surface area contributed by atoms with Crippen LogP contribution in [0.1, 0.15) is 24.0 Å². The molecule has 4 rings (SSSR count). The number of rotatable bonds is 9. The number of carbonyl (C=O) groups is 2. The molecule has 2 aliphatic heterocycles. The summed E-state index contributed by atoms with van der Waals surface area (Å²) in [5, 5.41) is 0. The van der Waals surface area contributed by atoms with Crippen molar-refractivity contribution in [2.75, 3.05) is 47.6 Å². The molecule has 2 saturated heterocycles. The Kier molecular flexibility index (Phi) is 7.33. The van der Waals surface area contributed by atoms with E-state index in [9.17, 15) is 9.59 Å². The van der Waals surface area contributed by atoms with Gasteiger partial charge in [-0.05, 0) is 36.6 Å². The molecule has 1 aromatic heterocycles. The number of urea groups is 1. The maximum atomic E-state index is 13.7. The summed E-state index contributed by atoms with van der Waals surface area (Å²) >= 11 is 0. The van der Waals surface area contributed by atoms with E-state index in [0.29, 0.717) is 45.6 Å². The molecule has 0 unspecified atom stereocenters. The standard InChI is InChI=1S/C25H32N4O5/c1-32-15-14-29-24(31)28(17-19-6-5-11-26-16-19)23(30)25(29)9-12-27(13-10-25)18-20-21(33-2)7-4-8-22(20)34-3/h4-8,11,16H,9-10,12-15,17-18H2,1-3H3. The number of nitrogens with zero attached hydrogens (tertiary/aromatic N) is 4. The average Bonchev–Trinajstić information content (AvgIpc) is 3.05. The van der Waals surface area contributed by atoms with Gasteiger partial charge in [0.25, 0.3) is 5.91 Å². The fraction of sp³-hybridized carbons (Fsp3) is 0.480. The Morgan fingerprint density at radius 3 is 2.26 bits per heavy atom. The van der Waals surface area contributed by atoms with Crippen molar-refractivity contribution in [3.63, 3.8) is 0 Å². The molecule has 0 aliphatic carbocycles. The summed E-state index contributed by atoms with van der Waals surface area (Å²) in [4.78, 5) is 36.5. The number of hydrogen-bond acceptors (Lipinski definition) is 7. The summed E-state index contributed by atoms with van der Waals surface area (Å²) in [6.45, 7) is 2.96. The first kappa shape index (κ1) is 24.0. The second-order valence-corrected chi connectivity index (χ2v) is 8.63. The van der Waals surface area contributed by atoms with Crippen molar-refractivity contribution in [2.24, 2.45) is 0 Å². The number of benzene rings is 1. The molecule has 2 aromatic rings. The summed E-state index contributed by atoms with van der Waals surface area (Å²) in [6.07, 6.45) is 4.48. The fourth-order valence-corrected chi connectivity index (χ4v) is 4.96.